The fourth-order valence-electron chi connectivity index (χ4n) is 3.50. The predicted octanol–water partition coefficient (Wildman–Crippen LogP) is 2.64. The normalized spacial score (nSPS) is 20.1. The Morgan fingerprint density at radius 3 is 2.69 bits per heavy atom. The molecule has 1 spiro atoms. The Morgan fingerprint density at radius 1 is 1.35 bits per heavy atom. The molecular formula is C20H27N3O3. The number of hydrogen-bond acceptors (Lipinski definition) is 5. The number of rotatable bonds is 2. The van der Waals surface area contributed by atoms with E-state index < -0.39 is 5.60 Å². The van der Waals surface area contributed by atoms with Gasteiger partial charge in [0, 0.05) is 12.3 Å². The van der Waals surface area contributed by atoms with Gasteiger partial charge in [-0.25, -0.2) is 9.78 Å². The minimum atomic E-state index is -0.514. The van der Waals surface area contributed by atoms with E-state index in [1.54, 1.807) is 12.3 Å². The molecule has 0 unspecified atom stereocenters. The summed E-state index contributed by atoms with van der Waals surface area (Å²) in [4.78, 5) is 31.1. The second-order valence-corrected chi connectivity index (χ2v) is 8.36. The number of anilines is 1. The van der Waals surface area contributed by atoms with Gasteiger partial charge in [-0.15, -0.1) is 0 Å². The van der Waals surface area contributed by atoms with Crippen LogP contribution in [0.25, 0.3) is 6.08 Å². The maximum atomic E-state index is 12.6. The summed E-state index contributed by atoms with van der Waals surface area (Å²) in [5, 5.41) is 2.97. The molecule has 3 heterocycles. The number of carbonyl (C=O) groups excluding carboxylic acids is 2. The number of esters is 1. The third-order valence-corrected chi connectivity index (χ3v) is 4.99. The van der Waals surface area contributed by atoms with E-state index in [0.29, 0.717) is 12.2 Å². The summed E-state index contributed by atoms with van der Waals surface area (Å²) in [6.07, 6.45) is 7.19. The highest BCUT2D eigenvalue weighted by atomic mass is 16.6. The lowest BCUT2D eigenvalue weighted by atomic mass is 9.71. The molecule has 1 aromatic heterocycles. The van der Waals surface area contributed by atoms with Crippen LogP contribution in [0.15, 0.2) is 18.3 Å². The van der Waals surface area contributed by atoms with E-state index in [1.165, 1.54) is 6.08 Å². The van der Waals surface area contributed by atoms with Gasteiger partial charge in [-0.05, 0) is 83.4 Å². The van der Waals surface area contributed by atoms with Crippen LogP contribution in [0.2, 0.25) is 0 Å². The molecule has 1 aromatic rings. The van der Waals surface area contributed by atoms with Crippen molar-refractivity contribution in [2.24, 2.45) is 5.41 Å². The Morgan fingerprint density at radius 2 is 2.04 bits per heavy atom. The molecule has 1 fully saturated rings. The molecule has 6 nitrogen and oxygen atoms in total. The van der Waals surface area contributed by atoms with E-state index in [4.69, 9.17) is 4.74 Å². The predicted molar refractivity (Wildman–Crippen MR) is 101 cm³/mol. The highest BCUT2D eigenvalue weighted by Gasteiger charge is 2.44. The van der Waals surface area contributed by atoms with Crippen molar-refractivity contribution in [3.8, 4) is 0 Å². The summed E-state index contributed by atoms with van der Waals surface area (Å²) in [7, 11) is 2.09. The lowest BCUT2D eigenvalue weighted by Crippen LogP contribution is -2.49. The number of amides is 1. The lowest BCUT2D eigenvalue weighted by Gasteiger charge is -2.42. The average molecular weight is 357 g/mol. The molecule has 0 saturated carbocycles. The summed E-state index contributed by atoms with van der Waals surface area (Å²) in [6.45, 7) is 7.36. The number of ether oxygens (including phenoxy) is 1. The van der Waals surface area contributed by atoms with E-state index in [-0.39, 0.29) is 17.3 Å². The van der Waals surface area contributed by atoms with Crippen molar-refractivity contribution in [3.63, 3.8) is 0 Å². The third kappa shape index (κ3) is 4.12. The monoisotopic (exact) mass is 357 g/mol. The van der Waals surface area contributed by atoms with Crippen LogP contribution in [0.1, 0.15) is 44.7 Å². The minimum Gasteiger partial charge on any atom is -0.457 e. The fourth-order valence-corrected chi connectivity index (χ4v) is 3.50. The first-order valence-electron chi connectivity index (χ1n) is 9.07. The van der Waals surface area contributed by atoms with E-state index in [1.807, 2.05) is 26.8 Å². The highest BCUT2D eigenvalue weighted by molar-refractivity contribution is 5.98. The first-order chi connectivity index (χ1) is 12.2. The number of fused-ring (bicyclic) bond motifs is 1. The van der Waals surface area contributed by atoms with Crippen molar-refractivity contribution in [2.75, 3.05) is 25.5 Å². The van der Waals surface area contributed by atoms with E-state index in [2.05, 4.69) is 22.2 Å². The number of hydrogen-bond donors (Lipinski definition) is 1. The zero-order valence-electron chi connectivity index (χ0n) is 16.0. The van der Waals surface area contributed by atoms with Crippen LogP contribution in [0.5, 0.6) is 0 Å². The van der Waals surface area contributed by atoms with Gasteiger partial charge in [-0.2, -0.15) is 0 Å². The topological polar surface area (TPSA) is 71.5 Å². The summed E-state index contributed by atoms with van der Waals surface area (Å²) < 4.78 is 5.28. The van der Waals surface area contributed by atoms with Gasteiger partial charge in [-0.1, -0.05) is 0 Å². The molecule has 2 aliphatic heterocycles. The first kappa shape index (κ1) is 18.6. The standard InChI is InChI=1S/C20H27N3O3/c1-19(2,3)26-16(24)6-5-14-11-15-12-20(7-9-23(4)10-8-20)18(25)22-17(15)21-13-14/h5-6,11,13H,7-10,12H2,1-4H3,(H,21,22,25). The second-order valence-electron chi connectivity index (χ2n) is 8.36. The van der Waals surface area contributed by atoms with Gasteiger partial charge in [0.15, 0.2) is 0 Å². The average Bonchev–Trinajstić information content (AvgIpc) is 2.55. The van der Waals surface area contributed by atoms with Gasteiger partial charge >= 0.3 is 5.97 Å². The molecule has 1 N–H and O–H groups in total. The number of piperidine rings is 1. The largest absolute Gasteiger partial charge is 0.457 e. The number of nitrogens with one attached hydrogen (secondary N) is 1. The van der Waals surface area contributed by atoms with Crippen molar-refractivity contribution in [2.45, 2.75) is 45.6 Å². The van der Waals surface area contributed by atoms with Crippen molar-refractivity contribution in [1.82, 2.24) is 9.88 Å². The van der Waals surface area contributed by atoms with Gasteiger partial charge in [0.25, 0.3) is 0 Å². The number of carbonyl (C=O) groups is 2. The smallest absolute Gasteiger partial charge is 0.331 e. The quantitative estimate of drug-likeness (QED) is 0.651. The van der Waals surface area contributed by atoms with E-state index in [0.717, 1.165) is 37.1 Å². The van der Waals surface area contributed by atoms with Gasteiger partial charge in [0.1, 0.15) is 11.4 Å². The molecule has 6 heteroatoms. The molecule has 2 aliphatic rings. The summed E-state index contributed by atoms with van der Waals surface area (Å²) in [6, 6.07) is 2.00. The van der Waals surface area contributed by atoms with Crippen molar-refractivity contribution < 1.29 is 14.3 Å². The van der Waals surface area contributed by atoms with Gasteiger partial charge < -0.3 is 15.0 Å². The zero-order chi connectivity index (χ0) is 18.9. The summed E-state index contributed by atoms with van der Waals surface area (Å²) in [5.74, 6) is 0.340. The van der Waals surface area contributed by atoms with Crippen LogP contribution in [0.4, 0.5) is 5.82 Å². The molecule has 0 radical (unpaired) electrons. The fraction of sp³-hybridized carbons (Fsp3) is 0.550. The highest BCUT2D eigenvalue weighted by Crippen LogP contribution is 2.40. The molecule has 26 heavy (non-hydrogen) atoms. The van der Waals surface area contributed by atoms with Crippen molar-refractivity contribution >= 4 is 23.8 Å². The lowest BCUT2D eigenvalue weighted by molar-refractivity contribution is -0.148. The third-order valence-electron chi connectivity index (χ3n) is 4.99. The van der Waals surface area contributed by atoms with Crippen molar-refractivity contribution in [3.05, 3.63) is 29.5 Å². The Bertz CT molecular complexity index is 741. The molecular weight excluding hydrogens is 330 g/mol. The van der Waals surface area contributed by atoms with Gasteiger partial charge in [0.2, 0.25) is 5.91 Å². The number of aromatic nitrogens is 1. The molecule has 0 bridgehead atoms. The molecule has 1 amide bonds. The van der Waals surface area contributed by atoms with E-state index >= 15 is 0 Å². The summed E-state index contributed by atoms with van der Waals surface area (Å²) in [5.41, 5.74) is 1.00. The van der Waals surface area contributed by atoms with Crippen LogP contribution >= 0.6 is 0 Å². The first-order valence-corrected chi connectivity index (χ1v) is 9.07. The Balaban J connectivity index is 1.76. The molecule has 0 aromatic carbocycles. The van der Waals surface area contributed by atoms with Crippen LogP contribution in [0, 0.1) is 5.41 Å². The maximum Gasteiger partial charge on any atom is 0.331 e. The molecule has 0 aliphatic carbocycles. The van der Waals surface area contributed by atoms with Crippen LogP contribution in [-0.4, -0.2) is 47.5 Å². The number of nitrogens with zero attached hydrogens (tertiary/aromatic N) is 2. The maximum absolute atomic E-state index is 12.6. The number of likely N-dealkylation sites (tertiary alicyclic amines) is 1. The van der Waals surface area contributed by atoms with Crippen molar-refractivity contribution in [1.29, 1.82) is 0 Å². The molecule has 0 atom stereocenters. The molecule has 1 saturated heterocycles. The minimum absolute atomic E-state index is 0.0858. The Labute approximate surface area is 154 Å². The van der Waals surface area contributed by atoms with Gasteiger partial charge in [-0.3, -0.25) is 4.79 Å². The molecule has 3 rings (SSSR count). The SMILES string of the molecule is CN1CCC2(CC1)Cc1cc(C=CC(=O)OC(C)(C)C)cnc1NC2=O. The van der Waals surface area contributed by atoms with Crippen LogP contribution in [0.3, 0.4) is 0 Å². The number of pyridine rings is 1. The van der Waals surface area contributed by atoms with Gasteiger partial charge in [0.05, 0.1) is 5.41 Å². The summed E-state index contributed by atoms with van der Waals surface area (Å²) >= 11 is 0. The second kappa shape index (κ2) is 6.83. The zero-order valence-corrected chi connectivity index (χ0v) is 16.0. The van der Waals surface area contributed by atoms with Crippen LogP contribution < -0.4 is 5.32 Å². The Hall–Kier alpha value is -2.21. The molecule has 140 valence electrons. The Kier molecular flexibility index (Phi) is 4.88. The van der Waals surface area contributed by atoms with E-state index in [9.17, 15) is 9.59 Å². The van der Waals surface area contributed by atoms with Crippen LogP contribution in [-0.2, 0) is 20.7 Å².